The van der Waals surface area contributed by atoms with Gasteiger partial charge in [-0.25, -0.2) is 19.9 Å². The smallest absolute Gasteiger partial charge is 0.225 e. The minimum atomic E-state index is 0.822. The summed E-state index contributed by atoms with van der Waals surface area (Å²) in [6.45, 7) is 3.72. The fraction of sp³-hybridized carbons (Fsp3) is 0.444. The van der Waals surface area contributed by atoms with Crippen LogP contribution in [-0.4, -0.2) is 46.1 Å². The van der Waals surface area contributed by atoms with E-state index >= 15 is 0 Å². The molecule has 0 spiro atoms. The van der Waals surface area contributed by atoms with Gasteiger partial charge in [0.1, 0.15) is 17.0 Å². The molecule has 0 bridgehead atoms. The summed E-state index contributed by atoms with van der Waals surface area (Å²) in [5.41, 5.74) is 1.51. The maximum atomic E-state index is 4.68. The second kappa shape index (κ2) is 6.22. The van der Waals surface area contributed by atoms with Crippen LogP contribution < -0.4 is 9.80 Å². The molecule has 0 radical (unpaired) electrons. The summed E-state index contributed by atoms with van der Waals surface area (Å²) in [4.78, 5) is 25.3. The third kappa shape index (κ3) is 2.63. The molecular weight excluding hydrogens is 332 g/mol. The van der Waals surface area contributed by atoms with Crippen LogP contribution in [0.4, 0.5) is 11.8 Å². The molecular formula is C18H20N6S. The number of rotatable bonds is 2. The number of piperazine rings is 1. The predicted molar refractivity (Wildman–Crippen MR) is 101 cm³/mol. The van der Waals surface area contributed by atoms with E-state index in [-0.39, 0.29) is 0 Å². The maximum absolute atomic E-state index is 4.68. The molecule has 0 N–H and O–H groups in total. The van der Waals surface area contributed by atoms with E-state index in [0.717, 1.165) is 42.8 Å². The van der Waals surface area contributed by atoms with E-state index in [1.54, 1.807) is 18.7 Å². The van der Waals surface area contributed by atoms with Gasteiger partial charge in [0, 0.05) is 43.4 Å². The van der Waals surface area contributed by atoms with Crippen LogP contribution in [0, 0.1) is 0 Å². The van der Waals surface area contributed by atoms with E-state index in [4.69, 9.17) is 0 Å². The molecule has 0 aromatic carbocycles. The van der Waals surface area contributed by atoms with Gasteiger partial charge in [0.2, 0.25) is 5.95 Å². The highest BCUT2D eigenvalue weighted by atomic mass is 32.1. The minimum Gasteiger partial charge on any atom is -0.352 e. The number of aromatic nitrogens is 4. The zero-order chi connectivity index (χ0) is 16.6. The molecule has 1 fully saturated rings. The van der Waals surface area contributed by atoms with Crippen molar-refractivity contribution in [3.8, 4) is 0 Å². The van der Waals surface area contributed by atoms with Gasteiger partial charge in [-0.05, 0) is 37.3 Å². The van der Waals surface area contributed by atoms with Crippen molar-refractivity contribution in [2.24, 2.45) is 0 Å². The van der Waals surface area contributed by atoms with Crippen LogP contribution >= 0.6 is 11.3 Å². The van der Waals surface area contributed by atoms with Crippen LogP contribution in [0.2, 0.25) is 0 Å². The zero-order valence-corrected chi connectivity index (χ0v) is 14.9. The molecule has 3 aromatic rings. The first-order valence-corrected chi connectivity index (χ1v) is 9.74. The summed E-state index contributed by atoms with van der Waals surface area (Å²) in [7, 11) is 0. The van der Waals surface area contributed by atoms with Gasteiger partial charge < -0.3 is 9.80 Å². The van der Waals surface area contributed by atoms with Crippen molar-refractivity contribution in [1.29, 1.82) is 0 Å². The first-order chi connectivity index (χ1) is 12.4. The molecule has 3 aromatic heterocycles. The van der Waals surface area contributed by atoms with Gasteiger partial charge in [0.25, 0.3) is 0 Å². The molecule has 5 rings (SSSR count). The Labute approximate surface area is 150 Å². The van der Waals surface area contributed by atoms with E-state index in [2.05, 4.69) is 29.7 Å². The van der Waals surface area contributed by atoms with Crippen LogP contribution in [0.3, 0.4) is 0 Å². The van der Waals surface area contributed by atoms with Gasteiger partial charge in [-0.2, -0.15) is 0 Å². The summed E-state index contributed by atoms with van der Waals surface area (Å²) >= 11 is 1.87. The molecule has 0 saturated carbocycles. The maximum Gasteiger partial charge on any atom is 0.225 e. The van der Waals surface area contributed by atoms with Gasteiger partial charge >= 0.3 is 0 Å². The van der Waals surface area contributed by atoms with Crippen molar-refractivity contribution in [3.05, 3.63) is 35.2 Å². The predicted octanol–water partition coefficient (Wildman–Crippen LogP) is 2.69. The highest BCUT2D eigenvalue weighted by molar-refractivity contribution is 7.19. The molecule has 4 heterocycles. The highest BCUT2D eigenvalue weighted by Crippen LogP contribution is 2.39. The van der Waals surface area contributed by atoms with E-state index in [1.807, 2.05) is 17.4 Å². The van der Waals surface area contributed by atoms with Gasteiger partial charge in [-0.15, -0.1) is 11.3 Å². The van der Waals surface area contributed by atoms with Crippen molar-refractivity contribution in [2.45, 2.75) is 25.7 Å². The first-order valence-electron chi connectivity index (χ1n) is 8.92. The van der Waals surface area contributed by atoms with Crippen LogP contribution in [0.5, 0.6) is 0 Å². The second-order valence-corrected chi connectivity index (χ2v) is 7.69. The largest absolute Gasteiger partial charge is 0.352 e. The molecule has 1 aliphatic carbocycles. The van der Waals surface area contributed by atoms with Crippen molar-refractivity contribution in [1.82, 2.24) is 19.9 Å². The lowest BCUT2D eigenvalue weighted by Gasteiger charge is -2.35. The SMILES string of the molecule is c1cnc(N2CCN(c3ncnc4sc5c(c34)CCCC5)CC2)nc1. The second-order valence-electron chi connectivity index (χ2n) is 6.61. The van der Waals surface area contributed by atoms with E-state index in [0.29, 0.717) is 0 Å². The summed E-state index contributed by atoms with van der Waals surface area (Å²) < 4.78 is 0. The molecule has 1 saturated heterocycles. The third-order valence-electron chi connectivity index (χ3n) is 5.15. The summed E-state index contributed by atoms with van der Waals surface area (Å²) in [5.74, 6) is 1.95. The topological polar surface area (TPSA) is 58.0 Å². The molecule has 25 heavy (non-hydrogen) atoms. The molecule has 128 valence electrons. The number of hydrogen-bond acceptors (Lipinski definition) is 7. The molecule has 7 heteroatoms. The number of nitrogens with zero attached hydrogens (tertiary/aromatic N) is 6. The fourth-order valence-corrected chi connectivity index (χ4v) is 5.11. The first kappa shape index (κ1) is 15.0. The van der Waals surface area contributed by atoms with E-state index in [9.17, 15) is 0 Å². The normalized spacial score (nSPS) is 17.8. The number of aryl methyl sites for hydroxylation is 2. The number of fused-ring (bicyclic) bond motifs is 3. The number of anilines is 2. The lowest BCUT2D eigenvalue weighted by Crippen LogP contribution is -2.47. The van der Waals surface area contributed by atoms with Crippen molar-refractivity contribution >= 4 is 33.3 Å². The standard InChI is InChI=1S/C18H20N6S/c1-2-5-14-13(4-1)15-16(21-12-22-17(15)25-14)23-8-10-24(11-9-23)18-19-6-3-7-20-18/h3,6-7,12H,1-2,4-5,8-11H2. The number of thiophene rings is 1. The van der Waals surface area contributed by atoms with Crippen molar-refractivity contribution in [3.63, 3.8) is 0 Å². The Morgan fingerprint density at radius 3 is 2.44 bits per heavy atom. The average molecular weight is 352 g/mol. The van der Waals surface area contributed by atoms with Gasteiger partial charge in [-0.1, -0.05) is 0 Å². The minimum absolute atomic E-state index is 0.822. The molecule has 0 atom stereocenters. The van der Waals surface area contributed by atoms with Gasteiger partial charge in [-0.3, -0.25) is 0 Å². The Balaban J connectivity index is 1.44. The third-order valence-corrected chi connectivity index (χ3v) is 6.35. The van der Waals surface area contributed by atoms with E-state index < -0.39 is 0 Å². The lowest BCUT2D eigenvalue weighted by atomic mass is 9.97. The Hall–Kier alpha value is -2.28. The molecule has 0 unspecified atom stereocenters. The van der Waals surface area contributed by atoms with E-state index in [1.165, 1.54) is 41.5 Å². The van der Waals surface area contributed by atoms with Crippen molar-refractivity contribution < 1.29 is 0 Å². The van der Waals surface area contributed by atoms with Crippen LogP contribution in [0.25, 0.3) is 10.2 Å². The lowest BCUT2D eigenvalue weighted by molar-refractivity contribution is 0.635. The molecule has 6 nitrogen and oxygen atoms in total. The van der Waals surface area contributed by atoms with Crippen LogP contribution in [0.1, 0.15) is 23.3 Å². The Morgan fingerprint density at radius 2 is 1.60 bits per heavy atom. The quantitative estimate of drug-likeness (QED) is 0.707. The number of hydrogen-bond donors (Lipinski definition) is 0. The van der Waals surface area contributed by atoms with Crippen LogP contribution in [0.15, 0.2) is 24.8 Å². The Morgan fingerprint density at radius 1 is 0.840 bits per heavy atom. The summed E-state index contributed by atoms with van der Waals surface area (Å²) in [6, 6.07) is 1.86. The fourth-order valence-electron chi connectivity index (χ4n) is 3.89. The highest BCUT2D eigenvalue weighted by Gasteiger charge is 2.25. The molecule has 1 aliphatic heterocycles. The summed E-state index contributed by atoms with van der Waals surface area (Å²) in [5, 5.41) is 1.31. The average Bonchev–Trinajstić information content (AvgIpc) is 3.08. The van der Waals surface area contributed by atoms with Gasteiger partial charge in [0.15, 0.2) is 0 Å². The monoisotopic (exact) mass is 352 g/mol. The van der Waals surface area contributed by atoms with Gasteiger partial charge in [0.05, 0.1) is 5.39 Å². The Bertz CT molecular complexity index is 885. The Kier molecular flexibility index (Phi) is 3.73. The van der Waals surface area contributed by atoms with Crippen molar-refractivity contribution in [2.75, 3.05) is 36.0 Å². The summed E-state index contributed by atoms with van der Waals surface area (Å²) in [6.07, 6.45) is 10.3. The zero-order valence-electron chi connectivity index (χ0n) is 14.1. The molecule has 0 amide bonds. The van der Waals surface area contributed by atoms with Crippen LogP contribution in [-0.2, 0) is 12.8 Å². The molecule has 2 aliphatic rings.